The van der Waals surface area contributed by atoms with Crippen molar-refractivity contribution in [3.8, 4) is 11.1 Å². The van der Waals surface area contributed by atoms with E-state index in [0.29, 0.717) is 26.1 Å². The molecule has 3 aliphatic heterocycles. The molecule has 1 saturated carbocycles. The number of nitrogens with one attached hydrogen (secondary N) is 2. The van der Waals surface area contributed by atoms with Gasteiger partial charge in [0.1, 0.15) is 6.04 Å². The number of nitrogens with zero attached hydrogens (tertiary/aromatic N) is 3. The van der Waals surface area contributed by atoms with E-state index in [1.807, 2.05) is 31.1 Å². The third-order valence-electron chi connectivity index (χ3n) is 10.8. The van der Waals surface area contributed by atoms with Crippen molar-refractivity contribution in [1.29, 1.82) is 0 Å². The molecule has 3 heterocycles. The number of ether oxygens (including phenoxy) is 2. The summed E-state index contributed by atoms with van der Waals surface area (Å²) in [6.07, 6.45) is 10.7. The summed E-state index contributed by atoms with van der Waals surface area (Å²) in [7, 11) is 2.95. The number of alkyl carbamates (subject to hydrolysis) is 1. The van der Waals surface area contributed by atoms with E-state index in [0.717, 1.165) is 84.2 Å². The number of carbonyl (C=O) groups is 3. The second-order valence-electron chi connectivity index (χ2n) is 14.4. The monoisotopic (exact) mass is 693 g/mol. The van der Waals surface area contributed by atoms with Gasteiger partial charge in [-0.1, -0.05) is 75.2 Å². The number of aliphatic imine (C=N–C) groups is 2. The number of carbonyl (C=O) groups excluding carboxylic acids is 3. The molecular weight excluding hydrogens is 642 g/mol. The first-order valence-corrected chi connectivity index (χ1v) is 18.4. The van der Waals surface area contributed by atoms with Crippen LogP contribution in [0.3, 0.4) is 0 Å². The Labute approximate surface area is 301 Å². The molecule has 0 unspecified atom stereocenters. The minimum Gasteiger partial charge on any atom is -0.453 e. The molecule has 270 valence electrons. The van der Waals surface area contributed by atoms with Gasteiger partial charge in [-0.2, -0.15) is 0 Å². The topological polar surface area (TPSA) is 122 Å². The van der Waals surface area contributed by atoms with Crippen LogP contribution < -0.4 is 10.6 Å². The number of amides is 3. The van der Waals surface area contributed by atoms with Gasteiger partial charge >= 0.3 is 6.09 Å². The van der Waals surface area contributed by atoms with Crippen molar-refractivity contribution < 1.29 is 23.9 Å². The highest BCUT2D eigenvalue weighted by Crippen LogP contribution is 2.37. The average Bonchev–Trinajstić information content (AvgIpc) is 3.95. The maximum atomic E-state index is 13.5. The van der Waals surface area contributed by atoms with E-state index in [1.165, 1.54) is 12.7 Å². The zero-order valence-corrected chi connectivity index (χ0v) is 30.3. The van der Waals surface area contributed by atoms with Crippen molar-refractivity contribution in [3.63, 3.8) is 0 Å². The predicted molar refractivity (Wildman–Crippen MR) is 201 cm³/mol. The standard InChI is InChI=1S/C41H51N5O5/c1-26(2)38(45-41(49)51-4)40(48)46-20-7-10-37(46)36-23-32(25-44-36)30-17-13-28(14-18-30)27-11-15-29(16-12-27)31-22-35(43-24-31)33-8-5-6-9-34(33)39(47)42-19-21-50-3/h11-18,24-26,33-34,37-38H,5-10,19-23H2,1-4H3,(H,42,47)(H,45,49)/t33-,34+,37-,38-/m0/s1. The molecule has 1 aliphatic carbocycles. The van der Waals surface area contributed by atoms with Gasteiger partial charge in [0.25, 0.3) is 0 Å². The lowest BCUT2D eigenvalue weighted by Gasteiger charge is -2.31. The number of hydrogen-bond donors (Lipinski definition) is 2. The summed E-state index contributed by atoms with van der Waals surface area (Å²) in [5.41, 5.74) is 9.01. The van der Waals surface area contributed by atoms with Crippen LogP contribution in [0.25, 0.3) is 22.3 Å². The molecule has 4 aliphatic rings. The smallest absolute Gasteiger partial charge is 0.407 e. The van der Waals surface area contributed by atoms with E-state index in [2.05, 4.69) is 59.2 Å². The van der Waals surface area contributed by atoms with Crippen molar-refractivity contribution in [2.75, 3.05) is 33.9 Å². The van der Waals surface area contributed by atoms with Gasteiger partial charge in [0.2, 0.25) is 11.8 Å². The van der Waals surface area contributed by atoms with Crippen molar-refractivity contribution in [1.82, 2.24) is 15.5 Å². The Hall–Kier alpha value is -4.57. The maximum Gasteiger partial charge on any atom is 0.407 e. The van der Waals surface area contributed by atoms with Gasteiger partial charge in [0, 0.05) is 68.7 Å². The lowest BCUT2D eigenvalue weighted by atomic mass is 9.75. The summed E-state index contributed by atoms with van der Waals surface area (Å²) >= 11 is 0. The van der Waals surface area contributed by atoms with Crippen molar-refractivity contribution in [3.05, 3.63) is 72.1 Å². The number of benzene rings is 2. The minimum absolute atomic E-state index is 0.0217. The predicted octanol–water partition coefficient (Wildman–Crippen LogP) is 6.67. The molecule has 0 radical (unpaired) electrons. The first-order chi connectivity index (χ1) is 24.8. The zero-order chi connectivity index (χ0) is 35.9. The van der Waals surface area contributed by atoms with E-state index < -0.39 is 12.1 Å². The summed E-state index contributed by atoms with van der Waals surface area (Å²) < 4.78 is 9.87. The second kappa shape index (κ2) is 16.6. The minimum atomic E-state index is -0.643. The molecule has 2 fully saturated rings. The van der Waals surface area contributed by atoms with Gasteiger partial charge in [-0.05, 0) is 65.0 Å². The molecule has 2 aromatic rings. The molecule has 2 N–H and O–H groups in total. The number of likely N-dealkylation sites (tertiary alicyclic amines) is 1. The first kappa shape index (κ1) is 36.2. The van der Waals surface area contributed by atoms with Gasteiger partial charge in [0.05, 0.1) is 19.8 Å². The Kier molecular flexibility index (Phi) is 11.8. The van der Waals surface area contributed by atoms with Crippen LogP contribution in [-0.4, -0.2) is 80.2 Å². The summed E-state index contributed by atoms with van der Waals surface area (Å²) in [4.78, 5) is 49.9. The Morgan fingerprint density at radius 2 is 1.39 bits per heavy atom. The second-order valence-corrected chi connectivity index (χ2v) is 14.4. The maximum absolute atomic E-state index is 13.5. The summed E-state index contributed by atoms with van der Waals surface area (Å²) in [5, 5.41) is 5.77. The molecule has 10 nitrogen and oxygen atoms in total. The SMILES string of the molecule is COCCNC(=O)[C@@H]1CCCC[C@@H]1C1=NC=C(c2ccc(-c3ccc(C4=CN=C([C@@H]5CCCN5C(=O)[C@@H](NC(=O)OC)C(C)C)C4)cc3)cc2)C1. The Bertz CT molecular complexity index is 1710. The lowest BCUT2D eigenvalue weighted by Crippen LogP contribution is -2.53. The Balaban J connectivity index is 1.03. The van der Waals surface area contributed by atoms with Crippen molar-refractivity contribution >= 4 is 40.5 Å². The van der Waals surface area contributed by atoms with Gasteiger partial charge in [-0.15, -0.1) is 0 Å². The highest BCUT2D eigenvalue weighted by molar-refractivity contribution is 6.04. The van der Waals surface area contributed by atoms with E-state index in [4.69, 9.17) is 19.5 Å². The van der Waals surface area contributed by atoms with Crippen LogP contribution in [0.1, 0.15) is 76.3 Å². The third kappa shape index (κ3) is 8.33. The molecule has 51 heavy (non-hydrogen) atoms. The average molecular weight is 694 g/mol. The van der Waals surface area contributed by atoms with Crippen LogP contribution in [0.2, 0.25) is 0 Å². The van der Waals surface area contributed by atoms with Crippen molar-refractivity contribution in [2.45, 2.75) is 77.3 Å². The molecule has 10 heteroatoms. The normalized spacial score (nSPS) is 22.2. The van der Waals surface area contributed by atoms with Crippen LogP contribution in [-0.2, 0) is 19.1 Å². The fourth-order valence-electron chi connectivity index (χ4n) is 7.94. The third-order valence-corrected chi connectivity index (χ3v) is 10.8. The fraction of sp³-hybridized carbons (Fsp3) is 0.488. The molecule has 4 atom stereocenters. The highest BCUT2D eigenvalue weighted by Gasteiger charge is 2.39. The number of rotatable bonds is 12. The van der Waals surface area contributed by atoms with Crippen LogP contribution in [0.4, 0.5) is 4.79 Å². The largest absolute Gasteiger partial charge is 0.453 e. The quantitative estimate of drug-likeness (QED) is 0.241. The highest BCUT2D eigenvalue weighted by atomic mass is 16.5. The summed E-state index contributed by atoms with van der Waals surface area (Å²) in [6.45, 7) is 5.56. The summed E-state index contributed by atoms with van der Waals surface area (Å²) in [5.74, 6) is 0.139. The molecule has 6 rings (SSSR count). The zero-order valence-electron chi connectivity index (χ0n) is 30.3. The van der Waals surface area contributed by atoms with E-state index in [9.17, 15) is 14.4 Å². The van der Waals surface area contributed by atoms with Crippen LogP contribution in [0.5, 0.6) is 0 Å². The van der Waals surface area contributed by atoms with E-state index in [1.54, 1.807) is 7.11 Å². The Morgan fingerprint density at radius 1 is 0.804 bits per heavy atom. The number of methoxy groups -OCH3 is 2. The fourth-order valence-corrected chi connectivity index (χ4v) is 7.94. The van der Waals surface area contributed by atoms with Crippen LogP contribution in [0, 0.1) is 17.8 Å². The molecule has 0 aromatic heterocycles. The van der Waals surface area contributed by atoms with E-state index in [-0.39, 0.29) is 35.6 Å². The number of hydrogen-bond acceptors (Lipinski definition) is 7. The van der Waals surface area contributed by atoms with E-state index >= 15 is 0 Å². The van der Waals surface area contributed by atoms with Crippen molar-refractivity contribution in [2.24, 2.45) is 27.7 Å². The lowest BCUT2D eigenvalue weighted by molar-refractivity contribution is -0.134. The molecule has 1 saturated heterocycles. The van der Waals surface area contributed by atoms with Gasteiger partial charge in [-0.3, -0.25) is 19.6 Å². The number of allylic oxidation sites excluding steroid dienone is 2. The molecule has 3 amide bonds. The molecule has 2 aromatic carbocycles. The molecule has 0 spiro atoms. The van der Waals surface area contributed by atoms with Gasteiger partial charge in [-0.25, -0.2) is 4.79 Å². The first-order valence-electron chi connectivity index (χ1n) is 18.4. The molecule has 0 bridgehead atoms. The molecular formula is C41H51N5O5. The van der Waals surface area contributed by atoms with Crippen LogP contribution >= 0.6 is 0 Å². The van der Waals surface area contributed by atoms with Gasteiger partial charge in [0.15, 0.2) is 0 Å². The Morgan fingerprint density at radius 3 is 2.00 bits per heavy atom. The summed E-state index contributed by atoms with van der Waals surface area (Å²) in [6, 6.07) is 16.5. The van der Waals surface area contributed by atoms with Crippen LogP contribution in [0.15, 0.2) is 70.9 Å². The van der Waals surface area contributed by atoms with Gasteiger partial charge < -0.3 is 25.0 Å².